The van der Waals surface area contributed by atoms with Crippen molar-refractivity contribution in [2.45, 2.75) is 19.8 Å². The van der Waals surface area contributed by atoms with Gasteiger partial charge in [-0.05, 0) is 31.4 Å². The Kier molecular flexibility index (Phi) is 4.91. The molecule has 0 bridgehead atoms. The molecule has 1 saturated heterocycles. The van der Waals surface area contributed by atoms with E-state index in [1.807, 2.05) is 13.0 Å². The van der Waals surface area contributed by atoms with Gasteiger partial charge in [0.1, 0.15) is 0 Å². The first-order valence-corrected chi connectivity index (χ1v) is 7.29. The van der Waals surface area contributed by atoms with Gasteiger partial charge in [0.15, 0.2) is 0 Å². The second-order valence-corrected chi connectivity index (χ2v) is 5.89. The van der Waals surface area contributed by atoms with E-state index in [-0.39, 0.29) is 12.5 Å². The molecule has 0 aliphatic carbocycles. The van der Waals surface area contributed by atoms with E-state index in [9.17, 15) is 4.79 Å². The van der Waals surface area contributed by atoms with E-state index in [2.05, 4.69) is 5.32 Å². The Bertz CT molecular complexity index is 514. The van der Waals surface area contributed by atoms with Crippen LogP contribution in [0.2, 0.25) is 10.0 Å². The average Bonchev–Trinajstić information content (AvgIpc) is 2.48. The fraction of sp³-hybridized carbons (Fsp3) is 0.500. The van der Waals surface area contributed by atoms with Crippen molar-refractivity contribution in [1.82, 2.24) is 0 Å². The zero-order valence-electron chi connectivity index (χ0n) is 11.3. The third kappa shape index (κ3) is 2.93. The Morgan fingerprint density at radius 1 is 1.40 bits per heavy atom. The van der Waals surface area contributed by atoms with Crippen molar-refractivity contribution in [1.29, 1.82) is 0 Å². The van der Waals surface area contributed by atoms with Crippen molar-refractivity contribution < 1.29 is 9.53 Å². The minimum atomic E-state index is -0.603. The number of hydrogen-bond acceptors (Lipinski definition) is 3. The van der Waals surface area contributed by atoms with Gasteiger partial charge < -0.3 is 15.8 Å². The van der Waals surface area contributed by atoms with Crippen molar-refractivity contribution in [2.75, 3.05) is 25.1 Å². The minimum absolute atomic E-state index is 0.141. The third-order valence-corrected chi connectivity index (χ3v) is 4.65. The van der Waals surface area contributed by atoms with E-state index < -0.39 is 5.41 Å². The first-order chi connectivity index (χ1) is 9.50. The molecule has 6 heteroatoms. The van der Waals surface area contributed by atoms with Gasteiger partial charge in [-0.15, -0.1) is 0 Å². The van der Waals surface area contributed by atoms with Gasteiger partial charge in [0.05, 0.1) is 21.1 Å². The van der Waals surface area contributed by atoms with E-state index in [0.717, 1.165) is 5.56 Å². The molecule has 110 valence electrons. The van der Waals surface area contributed by atoms with Crippen LogP contribution in [0.15, 0.2) is 12.1 Å². The molecule has 1 fully saturated rings. The van der Waals surface area contributed by atoms with Crippen LogP contribution in [0.1, 0.15) is 18.4 Å². The molecule has 3 N–H and O–H groups in total. The number of rotatable bonds is 3. The molecule has 0 unspecified atom stereocenters. The predicted molar refractivity (Wildman–Crippen MR) is 81.4 cm³/mol. The van der Waals surface area contributed by atoms with Gasteiger partial charge in [-0.2, -0.15) is 0 Å². The highest BCUT2D eigenvalue weighted by molar-refractivity contribution is 6.40. The summed E-state index contributed by atoms with van der Waals surface area (Å²) in [5, 5.41) is 3.73. The van der Waals surface area contributed by atoms with Gasteiger partial charge in [0.25, 0.3) is 0 Å². The molecule has 1 aromatic carbocycles. The Balaban J connectivity index is 2.25. The van der Waals surface area contributed by atoms with Gasteiger partial charge in [-0.3, -0.25) is 4.79 Å². The van der Waals surface area contributed by atoms with Gasteiger partial charge >= 0.3 is 0 Å². The summed E-state index contributed by atoms with van der Waals surface area (Å²) in [7, 11) is 0. The van der Waals surface area contributed by atoms with E-state index in [0.29, 0.717) is 41.8 Å². The molecular weight excluding hydrogens is 299 g/mol. The lowest BCUT2D eigenvalue weighted by atomic mass is 9.79. The number of carbonyl (C=O) groups excluding carboxylic acids is 1. The lowest BCUT2D eigenvalue weighted by Gasteiger charge is -2.34. The van der Waals surface area contributed by atoms with Gasteiger partial charge in [-0.1, -0.05) is 29.3 Å². The van der Waals surface area contributed by atoms with Crippen LogP contribution in [0.5, 0.6) is 0 Å². The molecule has 0 saturated carbocycles. The average molecular weight is 317 g/mol. The highest BCUT2D eigenvalue weighted by Gasteiger charge is 2.39. The Morgan fingerprint density at radius 2 is 2.05 bits per heavy atom. The molecule has 1 aromatic rings. The van der Waals surface area contributed by atoms with E-state index in [1.54, 1.807) is 6.07 Å². The van der Waals surface area contributed by atoms with Crippen molar-refractivity contribution >= 4 is 34.8 Å². The van der Waals surface area contributed by atoms with Crippen LogP contribution in [0.4, 0.5) is 5.69 Å². The Hall–Kier alpha value is -0.810. The van der Waals surface area contributed by atoms with E-state index in [4.69, 9.17) is 33.7 Å². The highest BCUT2D eigenvalue weighted by Crippen LogP contribution is 2.36. The molecule has 1 amide bonds. The van der Waals surface area contributed by atoms with Crippen LogP contribution in [0.3, 0.4) is 0 Å². The normalized spacial score (nSPS) is 17.8. The molecule has 0 spiro atoms. The summed E-state index contributed by atoms with van der Waals surface area (Å²) in [5.74, 6) is -0.141. The molecule has 0 aromatic heterocycles. The van der Waals surface area contributed by atoms with Crippen LogP contribution in [-0.2, 0) is 9.53 Å². The predicted octanol–water partition coefficient (Wildman–Crippen LogP) is 3.00. The van der Waals surface area contributed by atoms with Gasteiger partial charge in [-0.25, -0.2) is 0 Å². The fourth-order valence-electron chi connectivity index (χ4n) is 2.30. The number of amides is 1. The smallest absolute Gasteiger partial charge is 0.232 e. The number of carbonyl (C=O) groups is 1. The van der Waals surface area contributed by atoms with Gasteiger partial charge in [0, 0.05) is 19.8 Å². The first-order valence-electron chi connectivity index (χ1n) is 6.54. The van der Waals surface area contributed by atoms with Crippen LogP contribution in [-0.4, -0.2) is 25.7 Å². The maximum atomic E-state index is 12.6. The molecule has 0 atom stereocenters. The number of aryl methyl sites for hydroxylation is 1. The third-order valence-electron chi connectivity index (χ3n) is 3.85. The number of hydrogen-bond donors (Lipinski definition) is 2. The highest BCUT2D eigenvalue weighted by atomic mass is 35.5. The Labute approximate surface area is 128 Å². The maximum absolute atomic E-state index is 12.6. The quantitative estimate of drug-likeness (QED) is 0.901. The molecule has 4 nitrogen and oxygen atoms in total. The van der Waals surface area contributed by atoms with Crippen molar-refractivity contribution in [3.05, 3.63) is 27.7 Å². The van der Waals surface area contributed by atoms with E-state index in [1.165, 1.54) is 0 Å². The summed E-state index contributed by atoms with van der Waals surface area (Å²) >= 11 is 12.3. The molecule has 0 radical (unpaired) electrons. The Morgan fingerprint density at radius 3 is 2.65 bits per heavy atom. The summed E-state index contributed by atoms with van der Waals surface area (Å²) in [6, 6.07) is 3.53. The molecule has 1 heterocycles. The molecular formula is C14H18Cl2N2O2. The summed E-state index contributed by atoms with van der Waals surface area (Å²) < 4.78 is 5.31. The largest absolute Gasteiger partial charge is 0.381 e. The standard InChI is InChI=1S/C14H18Cl2N2O2/c1-9-2-3-10(15)12(11(9)16)18-13(19)14(8-17)4-6-20-7-5-14/h2-3H,4-8,17H2,1H3,(H,18,19). The monoisotopic (exact) mass is 316 g/mol. The number of halogens is 2. The van der Waals surface area contributed by atoms with Crippen molar-refractivity contribution in [2.24, 2.45) is 11.1 Å². The maximum Gasteiger partial charge on any atom is 0.232 e. The first kappa shape index (κ1) is 15.6. The van der Waals surface area contributed by atoms with Crippen LogP contribution >= 0.6 is 23.2 Å². The second-order valence-electron chi connectivity index (χ2n) is 5.10. The SMILES string of the molecule is Cc1ccc(Cl)c(NC(=O)C2(CN)CCOCC2)c1Cl. The summed E-state index contributed by atoms with van der Waals surface area (Å²) in [6.07, 6.45) is 1.22. The van der Waals surface area contributed by atoms with Crippen LogP contribution in [0, 0.1) is 12.3 Å². The second kappa shape index (κ2) is 6.31. The summed E-state index contributed by atoms with van der Waals surface area (Å²) in [5.41, 5.74) is 6.53. The number of benzene rings is 1. The zero-order valence-corrected chi connectivity index (χ0v) is 12.9. The number of anilines is 1. The fourth-order valence-corrected chi connectivity index (χ4v) is 2.77. The number of nitrogens with one attached hydrogen (secondary N) is 1. The topological polar surface area (TPSA) is 64.4 Å². The van der Waals surface area contributed by atoms with Gasteiger partial charge in [0.2, 0.25) is 5.91 Å². The lowest BCUT2D eigenvalue weighted by Crippen LogP contribution is -2.46. The van der Waals surface area contributed by atoms with Crippen molar-refractivity contribution in [3.8, 4) is 0 Å². The van der Waals surface area contributed by atoms with Crippen LogP contribution < -0.4 is 11.1 Å². The van der Waals surface area contributed by atoms with Crippen LogP contribution in [0.25, 0.3) is 0 Å². The molecule has 1 aliphatic heterocycles. The molecule has 20 heavy (non-hydrogen) atoms. The number of nitrogens with two attached hydrogens (primary N) is 1. The lowest BCUT2D eigenvalue weighted by molar-refractivity contribution is -0.130. The zero-order chi connectivity index (χ0) is 14.8. The number of ether oxygens (including phenoxy) is 1. The van der Waals surface area contributed by atoms with E-state index >= 15 is 0 Å². The van der Waals surface area contributed by atoms with Crippen molar-refractivity contribution in [3.63, 3.8) is 0 Å². The summed E-state index contributed by atoms with van der Waals surface area (Å²) in [6.45, 7) is 3.23. The molecule has 1 aliphatic rings. The summed E-state index contributed by atoms with van der Waals surface area (Å²) in [4.78, 5) is 12.6. The molecule has 2 rings (SSSR count). The minimum Gasteiger partial charge on any atom is -0.381 e.